The molecule has 1 aliphatic rings. The molecule has 0 radical (unpaired) electrons. The normalized spacial score (nSPS) is 21.5. The van der Waals surface area contributed by atoms with E-state index in [2.05, 4.69) is 0 Å². The highest BCUT2D eigenvalue weighted by molar-refractivity contribution is 6.01. The number of hydrogen-bond acceptors (Lipinski definition) is 2. The Morgan fingerprint density at radius 3 is 1.75 bits per heavy atom. The first-order chi connectivity index (χ1) is 3.79. The molecule has 0 saturated heterocycles. The van der Waals surface area contributed by atoms with Crippen molar-refractivity contribution in [1.82, 2.24) is 0 Å². The zero-order valence-corrected chi connectivity index (χ0v) is 4.64. The van der Waals surface area contributed by atoms with Crippen molar-refractivity contribution in [3.8, 4) is 0 Å². The lowest BCUT2D eigenvalue weighted by atomic mass is 10.3. The zero-order valence-electron chi connectivity index (χ0n) is 4.64. The Morgan fingerprint density at radius 2 is 1.50 bits per heavy atom. The maximum atomic E-state index is 10.5. The third-order valence-corrected chi connectivity index (χ3v) is 1.31. The standard InChI is InChI=1S/C6H8O2/c7-5-2-1-3-6(8)4-5/h1-4H2/i4+1,5+1,6+1. The smallest absolute Gasteiger partial charge is 0.140 e. The van der Waals surface area contributed by atoms with Crippen molar-refractivity contribution in [1.29, 1.82) is 0 Å². The molecule has 1 saturated carbocycles. The van der Waals surface area contributed by atoms with Gasteiger partial charge in [0.25, 0.3) is 0 Å². The van der Waals surface area contributed by atoms with E-state index in [0.29, 0.717) is 12.8 Å². The first kappa shape index (κ1) is 5.48. The van der Waals surface area contributed by atoms with Crippen LogP contribution in [0.25, 0.3) is 0 Å². The molecular weight excluding hydrogens is 107 g/mol. The van der Waals surface area contributed by atoms with Crippen molar-refractivity contribution in [2.45, 2.75) is 25.7 Å². The Kier molecular flexibility index (Phi) is 1.42. The minimum Gasteiger partial charge on any atom is -0.299 e. The molecule has 1 rings (SSSR count). The quantitative estimate of drug-likeness (QED) is 0.344. The summed E-state index contributed by atoms with van der Waals surface area (Å²) in [6.07, 6.45) is 2.20. The van der Waals surface area contributed by atoms with Crippen molar-refractivity contribution < 1.29 is 9.59 Å². The molecular formula is C6H8O2. The molecule has 0 spiro atoms. The third kappa shape index (κ3) is 1.15. The van der Waals surface area contributed by atoms with Gasteiger partial charge in [-0.05, 0) is 6.42 Å². The summed E-state index contributed by atoms with van der Waals surface area (Å²) in [6, 6.07) is 0. The van der Waals surface area contributed by atoms with E-state index in [9.17, 15) is 9.59 Å². The molecule has 0 aliphatic heterocycles. The van der Waals surface area contributed by atoms with Gasteiger partial charge in [0.15, 0.2) is 0 Å². The van der Waals surface area contributed by atoms with Gasteiger partial charge in [0.2, 0.25) is 0 Å². The van der Waals surface area contributed by atoms with Gasteiger partial charge in [0.1, 0.15) is 11.6 Å². The Hall–Kier alpha value is -0.660. The third-order valence-electron chi connectivity index (χ3n) is 1.31. The lowest BCUT2D eigenvalue weighted by molar-refractivity contribution is -0.129. The van der Waals surface area contributed by atoms with Crippen LogP contribution in [-0.4, -0.2) is 11.6 Å². The summed E-state index contributed by atoms with van der Waals surface area (Å²) in [5, 5.41) is 0. The highest BCUT2D eigenvalue weighted by Crippen LogP contribution is 2.09. The van der Waals surface area contributed by atoms with Crippen LogP contribution in [0.1, 0.15) is 25.7 Å². The van der Waals surface area contributed by atoms with Gasteiger partial charge in [-0.15, -0.1) is 0 Å². The molecule has 0 heterocycles. The summed E-state index contributed by atoms with van der Waals surface area (Å²) >= 11 is 0. The highest BCUT2D eigenvalue weighted by atomic mass is 16.2. The summed E-state index contributed by atoms with van der Waals surface area (Å²) in [5.74, 6) is 0.225. The van der Waals surface area contributed by atoms with Crippen molar-refractivity contribution in [2.24, 2.45) is 0 Å². The SMILES string of the molecule is O=[13C]1CCC[13C](=O)[13CH2]1. The largest absolute Gasteiger partial charge is 0.299 e. The molecule has 0 bridgehead atoms. The van der Waals surface area contributed by atoms with Gasteiger partial charge in [-0.3, -0.25) is 9.59 Å². The Bertz CT molecular complexity index is 112. The minimum atomic E-state index is 0.112. The average molecular weight is 115 g/mol. The maximum Gasteiger partial charge on any atom is 0.140 e. The van der Waals surface area contributed by atoms with E-state index in [0.717, 1.165) is 6.42 Å². The number of rotatable bonds is 0. The van der Waals surface area contributed by atoms with Gasteiger partial charge in [-0.2, -0.15) is 0 Å². The lowest BCUT2D eigenvalue weighted by Gasteiger charge is -2.04. The monoisotopic (exact) mass is 115 g/mol. The van der Waals surface area contributed by atoms with Crippen LogP contribution in [0.15, 0.2) is 0 Å². The second kappa shape index (κ2) is 2.07. The molecule has 0 unspecified atom stereocenters. The summed E-state index contributed by atoms with van der Waals surface area (Å²) in [6.45, 7) is 0. The van der Waals surface area contributed by atoms with Crippen LogP contribution in [0, 0.1) is 0 Å². The number of ketones is 2. The number of carbonyl (C=O) groups excluding carboxylic acids is 2. The molecule has 0 N–H and O–H groups in total. The van der Waals surface area contributed by atoms with E-state index in [1.165, 1.54) is 0 Å². The summed E-state index contributed by atoms with van der Waals surface area (Å²) < 4.78 is 0. The van der Waals surface area contributed by atoms with Crippen LogP contribution in [0.3, 0.4) is 0 Å². The molecule has 8 heavy (non-hydrogen) atoms. The van der Waals surface area contributed by atoms with Gasteiger partial charge >= 0.3 is 0 Å². The fourth-order valence-electron chi connectivity index (χ4n) is 0.879. The van der Waals surface area contributed by atoms with E-state index >= 15 is 0 Å². The first-order valence-corrected chi connectivity index (χ1v) is 2.82. The molecule has 2 heteroatoms. The van der Waals surface area contributed by atoms with E-state index in [4.69, 9.17) is 0 Å². The molecule has 0 atom stereocenters. The Balaban J connectivity index is 2.45. The fourth-order valence-corrected chi connectivity index (χ4v) is 0.879. The predicted octanol–water partition coefficient (Wildman–Crippen LogP) is 0.699. The van der Waals surface area contributed by atoms with Crippen LogP contribution in [0.2, 0.25) is 0 Å². The minimum absolute atomic E-state index is 0.112. The van der Waals surface area contributed by atoms with Crippen molar-refractivity contribution in [3.05, 3.63) is 0 Å². The van der Waals surface area contributed by atoms with Crippen molar-refractivity contribution >= 4 is 11.6 Å². The Morgan fingerprint density at radius 1 is 1.00 bits per heavy atom. The predicted molar refractivity (Wildman–Crippen MR) is 28.5 cm³/mol. The summed E-state index contributed by atoms with van der Waals surface area (Å²) in [7, 11) is 0. The maximum absolute atomic E-state index is 10.5. The molecule has 1 aliphatic carbocycles. The molecule has 44 valence electrons. The summed E-state index contributed by atoms with van der Waals surface area (Å²) in [5.41, 5.74) is 0. The zero-order chi connectivity index (χ0) is 5.98. The lowest BCUT2D eigenvalue weighted by Crippen LogP contribution is -2.13. The average Bonchev–Trinajstić information content (AvgIpc) is 1.64. The van der Waals surface area contributed by atoms with Crippen molar-refractivity contribution in [3.63, 3.8) is 0 Å². The van der Waals surface area contributed by atoms with Crippen LogP contribution in [-0.2, 0) is 9.59 Å². The molecule has 1 fully saturated rings. The Labute approximate surface area is 47.9 Å². The second-order valence-electron chi connectivity index (χ2n) is 2.11. The molecule has 0 aromatic heterocycles. The second-order valence-corrected chi connectivity index (χ2v) is 2.11. The van der Waals surface area contributed by atoms with Gasteiger partial charge < -0.3 is 0 Å². The molecule has 2 nitrogen and oxygen atoms in total. The van der Waals surface area contributed by atoms with Gasteiger partial charge in [0.05, 0.1) is 6.42 Å². The van der Waals surface area contributed by atoms with Crippen LogP contribution in [0.5, 0.6) is 0 Å². The van der Waals surface area contributed by atoms with E-state index in [1.54, 1.807) is 0 Å². The molecule has 0 aromatic carbocycles. The van der Waals surface area contributed by atoms with Crippen LogP contribution >= 0.6 is 0 Å². The summed E-state index contributed by atoms with van der Waals surface area (Å²) in [4.78, 5) is 20.9. The number of Topliss-reactive ketones (excluding diaryl/α,β-unsaturated/α-hetero) is 2. The highest BCUT2D eigenvalue weighted by Gasteiger charge is 2.14. The molecule has 0 amide bonds. The first-order valence-electron chi connectivity index (χ1n) is 2.82. The van der Waals surface area contributed by atoms with Crippen LogP contribution in [0.4, 0.5) is 0 Å². The van der Waals surface area contributed by atoms with Crippen molar-refractivity contribution in [2.75, 3.05) is 0 Å². The van der Waals surface area contributed by atoms with Gasteiger partial charge in [-0.1, -0.05) is 0 Å². The number of carbonyl (C=O) groups is 2. The van der Waals surface area contributed by atoms with E-state index in [-0.39, 0.29) is 18.0 Å². The van der Waals surface area contributed by atoms with Gasteiger partial charge in [-0.25, -0.2) is 0 Å². The van der Waals surface area contributed by atoms with Crippen LogP contribution < -0.4 is 0 Å². The fraction of sp³-hybridized carbons (Fsp3) is 0.667. The van der Waals surface area contributed by atoms with E-state index in [1.807, 2.05) is 0 Å². The topological polar surface area (TPSA) is 34.1 Å². The molecule has 0 aromatic rings. The van der Waals surface area contributed by atoms with Gasteiger partial charge in [0, 0.05) is 12.8 Å². The number of hydrogen-bond donors (Lipinski definition) is 0. The van der Waals surface area contributed by atoms with E-state index < -0.39 is 0 Å².